The van der Waals surface area contributed by atoms with E-state index in [9.17, 15) is 9.59 Å². The number of aliphatic imine (C=N–C) groups is 1. The number of likely N-dealkylation sites (N-methyl/N-ethyl adjacent to an activating group) is 1. The van der Waals surface area contributed by atoms with Crippen LogP contribution in [0.15, 0.2) is 29.3 Å². The van der Waals surface area contributed by atoms with E-state index in [2.05, 4.69) is 6.07 Å². The van der Waals surface area contributed by atoms with Crippen LogP contribution < -0.4 is 0 Å². The van der Waals surface area contributed by atoms with Crippen LogP contribution in [0.25, 0.3) is 0 Å². The van der Waals surface area contributed by atoms with Crippen molar-refractivity contribution in [1.29, 1.82) is 0 Å². The number of fused-ring (bicyclic) bond motifs is 2. The van der Waals surface area contributed by atoms with Gasteiger partial charge in [0.1, 0.15) is 6.61 Å². The Balaban J connectivity index is 1.52. The van der Waals surface area contributed by atoms with Crippen LogP contribution in [0.4, 0.5) is 0 Å². The summed E-state index contributed by atoms with van der Waals surface area (Å²) in [7, 11) is 0. The third-order valence-corrected chi connectivity index (χ3v) is 6.92. The van der Waals surface area contributed by atoms with Crippen LogP contribution in [0, 0.1) is 11.8 Å². The molecule has 4 rings (SSSR count). The first-order valence-corrected chi connectivity index (χ1v) is 11.4. The Kier molecular flexibility index (Phi) is 6.60. The number of hydrogen-bond acceptors (Lipinski definition) is 5. The number of ether oxygens (including phenoxy) is 2. The highest BCUT2D eigenvalue weighted by molar-refractivity contribution is 5.90. The number of carbonyl (C=O) groups excluding carboxylic acids is 1. The highest BCUT2D eigenvalue weighted by atomic mass is 16.5. The molecule has 1 aromatic rings. The molecular formula is C24H32N2O5. The van der Waals surface area contributed by atoms with Gasteiger partial charge in [0.05, 0.1) is 18.1 Å². The second-order valence-corrected chi connectivity index (χ2v) is 8.65. The Hall–Kier alpha value is -2.41. The Labute approximate surface area is 183 Å². The predicted octanol–water partition coefficient (Wildman–Crippen LogP) is 2.71. The fourth-order valence-electron chi connectivity index (χ4n) is 5.32. The van der Waals surface area contributed by atoms with Crippen molar-refractivity contribution in [2.24, 2.45) is 16.8 Å². The molecule has 2 fully saturated rings. The zero-order valence-corrected chi connectivity index (χ0v) is 18.3. The maximum atomic E-state index is 12.7. The van der Waals surface area contributed by atoms with Gasteiger partial charge in [-0.25, -0.2) is 4.99 Å². The van der Waals surface area contributed by atoms with Gasteiger partial charge in [-0.2, -0.15) is 0 Å². The molecule has 3 aliphatic heterocycles. The monoisotopic (exact) mass is 428 g/mol. The Morgan fingerprint density at radius 3 is 2.55 bits per heavy atom. The molecule has 1 unspecified atom stereocenters. The lowest BCUT2D eigenvalue weighted by Gasteiger charge is -2.28. The van der Waals surface area contributed by atoms with Gasteiger partial charge in [0.2, 0.25) is 0 Å². The SMILES string of the molecule is CCN(CC)C(=O)C1COC([C@H]2[C@@H](Cc3ccccc3CCC(=O)O)[C@@H]3CC[C@H]2O3)=N1. The van der Waals surface area contributed by atoms with E-state index in [-0.39, 0.29) is 36.4 Å². The molecule has 2 bridgehead atoms. The van der Waals surface area contributed by atoms with E-state index < -0.39 is 12.0 Å². The Bertz CT molecular complexity index is 850. The van der Waals surface area contributed by atoms with Crippen molar-refractivity contribution in [2.45, 2.75) is 64.2 Å². The quantitative estimate of drug-likeness (QED) is 0.653. The summed E-state index contributed by atoms with van der Waals surface area (Å²) in [5, 5.41) is 9.08. The normalized spacial score (nSPS) is 29.0. The molecule has 0 spiro atoms. The Morgan fingerprint density at radius 1 is 1.13 bits per heavy atom. The van der Waals surface area contributed by atoms with Gasteiger partial charge in [0.15, 0.2) is 11.9 Å². The minimum atomic E-state index is -0.784. The third kappa shape index (κ3) is 4.47. The average Bonchev–Trinajstić information content (AvgIpc) is 3.50. The fourth-order valence-corrected chi connectivity index (χ4v) is 5.32. The van der Waals surface area contributed by atoms with Crippen molar-refractivity contribution < 1.29 is 24.2 Å². The summed E-state index contributed by atoms with van der Waals surface area (Å²) in [5.74, 6) is 0.200. The third-order valence-electron chi connectivity index (χ3n) is 6.92. The van der Waals surface area contributed by atoms with Crippen molar-refractivity contribution >= 4 is 17.8 Å². The predicted molar refractivity (Wildman–Crippen MR) is 116 cm³/mol. The highest BCUT2D eigenvalue weighted by Gasteiger charge is 2.53. The first-order valence-electron chi connectivity index (χ1n) is 11.4. The molecule has 7 nitrogen and oxygen atoms in total. The lowest BCUT2D eigenvalue weighted by molar-refractivity contribution is -0.137. The topological polar surface area (TPSA) is 88.4 Å². The van der Waals surface area contributed by atoms with Gasteiger partial charge >= 0.3 is 5.97 Å². The molecule has 1 amide bonds. The van der Waals surface area contributed by atoms with Crippen molar-refractivity contribution in [3.63, 3.8) is 0 Å². The van der Waals surface area contributed by atoms with E-state index in [0.717, 1.165) is 24.8 Å². The van der Waals surface area contributed by atoms with Crippen LogP contribution in [0.1, 0.15) is 44.2 Å². The molecule has 0 radical (unpaired) electrons. The number of rotatable bonds is 9. The van der Waals surface area contributed by atoms with Gasteiger partial charge < -0.3 is 19.5 Å². The van der Waals surface area contributed by atoms with Gasteiger partial charge in [-0.3, -0.25) is 9.59 Å². The lowest BCUT2D eigenvalue weighted by Crippen LogP contribution is -2.38. The molecular weight excluding hydrogens is 396 g/mol. The van der Waals surface area contributed by atoms with Crippen LogP contribution >= 0.6 is 0 Å². The van der Waals surface area contributed by atoms with Gasteiger partial charge in [-0.15, -0.1) is 0 Å². The number of aliphatic carboxylic acids is 1. The number of carboxylic acids is 1. The number of benzene rings is 1. The zero-order valence-electron chi connectivity index (χ0n) is 18.3. The molecule has 0 saturated carbocycles. The first kappa shape index (κ1) is 21.8. The summed E-state index contributed by atoms with van der Waals surface area (Å²) < 4.78 is 12.2. The van der Waals surface area contributed by atoms with Crippen molar-refractivity contribution in [2.75, 3.05) is 19.7 Å². The Morgan fingerprint density at radius 2 is 1.84 bits per heavy atom. The van der Waals surface area contributed by atoms with Crippen LogP contribution in [0.2, 0.25) is 0 Å². The molecule has 5 atom stereocenters. The summed E-state index contributed by atoms with van der Waals surface area (Å²) >= 11 is 0. The van der Waals surface area contributed by atoms with Crippen LogP contribution in [0.5, 0.6) is 0 Å². The summed E-state index contributed by atoms with van der Waals surface area (Å²) in [4.78, 5) is 30.3. The van der Waals surface area contributed by atoms with E-state index in [0.29, 0.717) is 32.0 Å². The second-order valence-electron chi connectivity index (χ2n) is 8.65. The number of carbonyl (C=O) groups is 2. The molecule has 1 N–H and O–H groups in total. The number of nitrogens with zero attached hydrogens (tertiary/aromatic N) is 2. The fraction of sp³-hybridized carbons (Fsp3) is 0.625. The van der Waals surface area contributed by atoms with Gasteiger partial charge in [-0.1, -0.05) is 24.3 Å². The molecule has 0 aliphatic carbocycles. The number of carboxylic acid groups (broad SMARTS) is 1. The van der Waals surface area contributed by atoms with E-state index >= 15 is 0 Å². The number of hydrogen-bond donors (Lipinski definition) is 1. The van der Waals surface area contributed by atoms with Crippen molar-refractivity contribution in [3.8, 4) is 0 Å². The minimum absolute atomic E-state index is 0.0274. The molecule has 1 aromatic carbocycles. The van der Waals surface area contributed by atoms with E-state index in [1.807, 2.05) is 32.0 Å². The smallest absolute Gasteiger partial charge is 0.303 e. The average molecular weight is 429 g/mol. The molecule has 31 heavy (non-hydrogen) atoms. The summed E-state index contributed by atoms with van der Waals surface area (Å²) in [5.41, 5.74) is 2.25. The number of aryl methyl sites for hydroxylation is 1. The van der Waals surface area contributed by atoms with E-state index in [4.69, 9.17) is 19.6 Å². The summed E-state index contributed by atoms with van der Waals surface area (Å²) in [6.07, 6.45) is 3.71. The number of amides is 1. The highest BCUT2D eigenvalue weighted by Crippen LogP contribution is 2.46. The van der Waals surface area contributed by atoms with Crippen LogP contribution in [-0.4, -0.2) is 65.7 Å². The van der Waals surface area contributed by atoms with Gasteiger partial charge in [-0.05, 0) is 50.7 Å². The maximum absolute atomic E-state index is 12.7. The lowest BCUT2D eigenvalue weighted by atomic mass is 9.75. The van der Waals surface area contributed by atoms with E-state index in [1.165, 1.54) is 5.56 Å². The molecule has 7 heteroatoms. The molecule has 168 valence electrons. The summed E-state index contributed by atoms with van der Waals surface area (Å²) in [6.45, 7) is 5.60. The zero-order chi connectivity index (χ0) is 22.0. The minimum Gasteiger partial charge on any atom is -0.481 e. The van der Waals surface area contributed by atoms with Crippen molar-refractivity contribution in [3.05, 3.63) is 35.4 Å². The second kappa shape index (κ2) is 9.39. The maximum Gasteiger partial charge on any atom is 0.303 e. The van der Waals surface area contributed by atoms with Crippen LogP contribution in [0.3, 0.4) is 0 Å². The first-order chi connectivity index (χ1) is 15.0. The molecule has 0 aromatic heterocycles. The summed E-state index contributed by atoms with van der Waals surface area (Å²) in [6, 6.07) is 7.61. The van der Waals surface area contributed by atoms with Crippen LogP contribution in [-0.2, 0) is 31.9 Å². The molecule has 3 heterocycles. The van der Waals surface area contributed by atoms with E-state index in [1.54, 1.807) is 4.90 Å². The van der Waals surface area contributed by atoms with Gasteiger partial charge in [0, 0.05) is 25.4 Å². The molecule has 3 aliphatic rings. The van der Waals surface area contributed by atoms with Gasteiger partial charge in [0.25, 0.3) is 5.91 Å². The van der Waals surface area contributed by atoms with Crippen molar-refractivity contribution in [1.82, 2.24) is 4.90 Å². The largest absolute Gasteiger partial charge is 0.481 e. The standard InChI is InChI=1S/C24H32N2O5/c1-3-26(4-2)24(29)18-14-30-23(25-18)22-17(19-10-11-20(22)31-19)13-16-8-6-5-7-15(16)9-12-21(27)28/h5-8,17-20,22H,3-4,9-14H2,1-2H3,(H,27,28)/t17-,18?,19-,20+,22-/m0/s1. The molecule has 2 saturated heterocycles.